The standard InChI is InChI=1S/C9H7F3O3/c10-9(11,12)6-3-1-2-5(4-6)7(13)8(14)15/h1-4,7,13H,(H,14,15). The second-order valence-corrected chi connectivity index (χ2v) is 2.86. The minimum absolute atomic E-state index is 0.294. The highest BCUT2D eigenvalue weighted by Gasteiger charge is 2.31. The molecule has 1 rings (SSSR count). The molecule has 0 radical (unpaired) electrons. The first-order valence-corrected chi connectivity index (χ1v) is 3.90. The van der Waals surface area contributed by atoms with Crippen molar-refractivity contribution in [3.63, 3.8) is 0 Å². The van der Waals surface area contributed by atoms with Gasteiger partial charge in [-0.2, -0.15) is 13.2 Å². The van der Waals surface area contributed by atoms with Gasteiger partial charge in [-0.15, -0.1) is 0 Å². The number of hydrogen-bond acceptors (Lipinski definition) is 2. The molecular formula is C9H7F3O3. The molecule has 0 amide bonds. The summed E-state index contributed by atoms with van der Waals surface area (Å²) in [5.41, 5.74) is -1.28. The molecule has 0 aliphatic rings. The van der Waals surface area contributed by atoms with Gasteiger partial charge in [0.05, 0.1) is 5.56 Å². The van der Waals surface area contributed by atoms with Crippen molar-refractivity contribution in [2.24, 2.45) is 0 Å². The van der Waals surface area contributed by atoms with Crippen molar-refractivity contribution in [1.29, 1.82) is 0 Å². The Bertz CT molecular complexity index is 373. The number of aliphatic hydroxyl groups is 1. The number of rotatable bonds is 2. The second kappa shape index (κ2) is 3.90. The van der Waals surface area contributed by atoms with Gasteiger partial charge < -0.3 is 10.2 Å². The van der Waals surface area contributed by atoms with Gasteiger partial charge in [-0.25, -0.2) is 4.79 Å². The summed E-state index contributed by atoms with van der Waals surface area (Å²) in [5, 5.41) is 17.4. The summed E-state index contributed by atoms with van der Waals surface area (Å²) in [5.74, 6) is -1.59. The minimum atomic E-state index is -4.55. The third-order valence-corrected chi connectivity index (χ3v) is 1.76. The first-order chi connectivity index (χ1) is 6.82. The normalized spacial score (nSPS) is 13.6. The molecule has 1 unspecified atom stereocenters. The number of hydrogen-bond donors (Lipinski definition) is 2. The Hall–Kier alpha value is -1.56. The van der Waals surface area contributed by atoms with E-state index in [2.05, 4.69) is 0 Å². The number of benzene rings is 1. The van der Waals surface area contributed by atoms with Crippen molar-refractivity contribution in [1.82, 2.24) is 0 Å². The van der Waals surface area contributed by atoms with E-state index in [1.165, 1.54) is 0 Å². The lowest BCUT2D eigenvalue weighted by Crippen LogP contribution is -2.12. The summed E-state index contributed by atoms with van der Waals surface area (Å²) >= 11 is 0. The number of carbonyl (C=O) groups is 1. The van der Waals surface area contributed by atoms with Crippen LogP contribution in [0.3, 0.4) is 0 Å². The first-order valence-electron chi connectivity index (χ1n) is 3.90. The van der Waals surface area contributed by atoms with Crippen LogP contribution in [0.15, 0.2) is 24.3 Å². The average molecular weight is 220 g/mol. The van der Waals surface area contributed by atoms with Gasteiger partial charge in [-0.05, 0) is 17.7 Å². The maximum Gasteiger partial charge on any atom is 0.416 e. The SMILES string of the molecule is O=C(O)C(O)c1cccc(C(F)(F)F)c1. The monoisotopic (exact) mass is 220 g/mol. The molecule has 0 aliphatic carbocycles. The molecule has 0 bridgehead atoms. The van der Waals surface area contributed by atoms with Crippen molar-refractivity contribution in [3.8, 4) is 0 Å². The Morgan fingerprint density at radius 2 is 1.93 bits per heavy atom. The lowest BCUT2D eigenvalue weighted by Gasteiger charge is -2.10. The van der Waals surface area contributed by atoms with E-state index in [0.717, 1.165) is 18.2 Å². The summed E-state index contributed by atoms with van der Waals surface area (Å²) in [4.78, 5) is 10.3. The summed E-state index contributed by atoms with van der Waals surface area (Å²) in [6.45, 7) is 0. The molecule has 6 heteroatoms. The fourth-order valence-corrected chi connectivity index (χ4v) is 1.03. The van der Waals surface area contributed by atoms with E-state index in [9.17, 15) is 18.0 Å². The quantitative estimate of drug-likeness (QED) is 0.799. The largest absolute Gasteiger partial charge is 0.479 e. The van der Waals surface area contributed by atoms with Gasteiger partial charge in [0, 0.05) is 0 Å². The Morgan fingerprint density at radius 1 is 1.33 bits per heavy atom. The van der Waals surface area contributed by atoms with Crippen LogP contribution in [-0.4, -0.2) is 16.2 Å². The van der Waals surface area contributed by atoms with Gasteiger partial charge in [0.1, 0.15) is 0 Å². The molecule has 0 aliphatic heterocycles. The number of alkyl halides is 3. The van der Waals surface area contributed by atoms with E-state index in [4.69, 9.17) is 10.2 Å². The number of halogens is 3. The highest BCUT2D eigenvalue weighted by molar-refractivity contribution is 5.74. The van der Waals surface area contributed by atoms with E-state index in [-0.39, 0.29) is 5.56 Å². The fourth-order valence-electron chi connectivity index (χ4n) is 1.03. The Labute approximate surface area is 82.8 Å². The van der Waals surface area contributed by atoms with Crippen molar-refractivity contribution in [2.75, 3.05) is 0 Å². The Kier molecular flexibility index (Phi) is 2.99. The first kappa shape index (κ1) is 11.5. The van der Waals surface area contributed by atoms with Crippen LogP contribution in [0.1, 0.15) is 17.2 Å². The third kappa shape index (κ3) is 2.69. The molecule has 1 aromatic rings. The van der Waals surface area contributed by atoms with Crippen molar-refractivity contribution in [3.05, 3.63) is 35.4 Å². The Morgan fingerprint density at radius 3 is 2.40 bits per heavy atom. The van der Waals surface area contributed by atoms with E-state index < -0.39 is 23.8 Å². The maximum absolute atomic E-state index is 12.2. The molecular weight excluding hydrogens is 213 g/mol. The molecule has 82 valence electrons. The number of aliphatic carboxylic acids is 1. The fraction of sp³-hybridized carbons (Fsp3) is 0.222. The zero-order valence-electron chi connectivity index (χ0n) is 7.32. The van der Waals surface area contributed by atoms with Crippen molar-refractivity contribution in [2.45, 2.75) is 12.3 Å². The van der Waals surface area contributed by atoms with Gasteiger partial charge >= 0.3 is 12.1 Å². The van der Waals surface area contributed by atoms with Gasteiger partial charge in [-0.3, -0.25) is 0 Å². The van der Waals surface area contributed by atoms with Gasteiger partial charge in [0.2, 0.25) is 0 Å². The lowest BCUT2D eigenvalue weighted by molar-refractivity contribution is -0.147. The average Bonchev–Trinajstić information content (AvgIpc) is 2.15. The molecule has 0 heterocycles. The van der Waals surface area contributed by atoms with Gasteiger partial charge in [0.25, 0.3) is 0 Å². The molecule has 15 heavy (non-hydrogen) atoms. The van der Waals surface area contributed by atoms with Crippen LogP contribution in [0.4, 0.5) is 13.2 Å². The number of carboxylic acid groups (broad SMARTS) is 1. The molecule has 0 fully saturated rings. The van der Waals surface area contributed by atoms with Crippen molar-refractivity contribution < 1.29 is 28.2 Å². The lowest BCUT2D eigenvalue weighted by atomic mass is 10.1. The van der Waals surface area contributed by atoms with Gasteiger partial charge in [0.15, 0.2) is 6.10 Å². The van der Waals surface area contributed by atoms with Crippen LogP contribution in [0, 0.1) is 0 Å². The van der Waals surface area contributed by atoms with Crippen LogP contribution in [0.2, 0.25) is 0 Å². The molecule has 1 aromatic carbocycles. The topological polar surface area (TPSA) is 57.5 Å². The molecule has 0 saturated heterocycles. The van der Waals surface area contributed by atoms with Crippen LogP contribution in [0.25, 0.3) is 0 Å². The maximum atomic E-state index is 12.2. The van der Waals surface area contributed by atoms with E-state index in [1.54, 1.807) is 0 Å². The zero-order chi connectivity index (χ0) is 11.6. The third-order valence-electron chi connectivity index (χ3n) is 1.76. The second-order valence-electron chi connectivity index (χ2n) is 2.86. The smallest absolute Gasteiger partial charge is 0.416 e. The number of aliphatic hydroxyl groups excluding tert-OH is 1. The summed E-state index contributed by atoms with van der Waals surface area (Å²) < 4.78 is 36.6. The predicted octanol–water partition coefficient (Wildman–Crippen LogP) is 1.82. The van der Waals surface area contributed by atoms with Crippen LogP contribution in [0.5, 0.6) is 0 Å². The highest BCUT2D eigenvalue weighted by Crippen LogP contribution is 2.30. The highest BCUT2D eigenvalue weighted by atomic mass is 19.4. The van der Waals surface area contributed by atoms with E-state index in [1.807, 2.05) is 0 Å². The summed E-state index contributed by atoms with van der Waals surface area (Å²) in [6, 6.07) is 3.58. The van der Waals surface area contributed by atoms with Crippen LogP contribution in [-0.2, 0) is 11.0 Å². The van der Waals surface area contributed by atoms with E-state index in [0.29, 0.717) is 6.07 Å². The zero-order valence-corrected chi connectivity index (χ0v) is 7.32. The molecule has 0 saturated carbocycles. The number of carboxylic acids is 1. The molecule has 2 N–H and O–H groups in total. The predicted molar refractivity (Wildman–Crippen MR) is 44.0 cm³/mol. The molecule has 0 spiro atoms. The summed E-state index contributed by atoms with van der Waals surface area (Å²) in [7, 11) is 0. The van der Waals surface area contributed by atoms with Crippen LogP contribution >= 0.6 is 0 Å². The molecule has 1 atom stereocenters. The van der Waals surface area contributed by atoms with Crippen molar-refractivity contribution >= 4 is 5.97 Å². The van der Waals surface area contributed by atoms with Crippen LogP contribution < -0.4 is 0 Å². The minimum Gasteiger partial charge on any atom is -0.479 e. The van der Waals surface area contributed by atoms with E-state index >= 15 is 0 Å². The molecule has 0 aromatic heterocycles. The Balaban J connectivity index is 3.08. The summed E-state index contributed by atoms with van der Waals surface area (Å²) in [6.07, 6.45) is -6.49. The van der Waals surface area contributed by atoms with Gasteiger partial charge in [-0.1, -0.05) is 12.1 Å². The molecule has 3 nitrogen and oxygen atoms in total.